The molecule has 0 N–H and O–H groups in total. The second-order valence-electron chi connectivity index (χ2n) is 1.15. The summed E-state index contributed by atoms with van der Waals surface area (Å²) in [6.07, 6.45) is 0. The van der Waals surface area contributed by atoms with Gasteiger partial charge in [0.05, 0.1) is 0 Å². The zero-order valence-electron chi connectivity index (χ0n) is 6.27. The van der Waals surface area contributed by atoms with E-state index in [9.17, 15) is 4.79 Å². The summed E-state index contributed by atoms with van der Waals surface area (Å²) in [6, 6.07) is 0. The van der Waals surface area contributed by atoms with E-state index in [0.29, 0.717) is 0 Å². The number of carbonyl (C=O) groups is 1. The zero-order chi connectivity index (χ0) is 5.86. The number of carbonyl (C=O) groups excluding carboxylic acids is 1. The normalized spacial score (nSPS) is 11.4. The topological polar surface area (TPSA) is 26.3 Å². The van der Waals surface area contributed by atoms with Gasteiger partial charge in [0.15, 0.2) is 5.01 Å². The molecule has 0 aromatic rings. The average molecular weight is 191 g/mol. The van der Waals surface area contributed by atoms with Gasteiger partial charge in [0.2, 0.25) is 0 Å². The summed E-state index contributed by atoms with van der Waals surface area (Å²) in [6.45, 7) is 3.11. The molecular formula is C4H8BrNaO2. The molecule has 4 heteroatoms. The van der Waals surface area contributed by atoms with E-state index in [2.05, 4.69) is 20.7 Å². The Bertz CT molecular complexity index is 79.0. The van der Waals surface area contributed by atoms with Crippen LogP contribution in [0.2, 0.25) is 0 Å². The van der Waals surface area contributed by atoms with Crippen molar-refractivity contribution in [2.45, 2.75) is 18.9 Å². The number of hydrogen-bond donors (Lipinski definition) is 0. The van der Waals surface area contributed by atoms with Crippen molar-refractivity contribution < 1.29 is 40.5 Å². The second-order valence-corrected chi connectivity index (χ2v) is 2.44. The summed E-state index contributed by atoms with van der Waals surface area (Å²) < 4.78 is 4.53. The van der Waals surface area contributed by atoms with Crippen LogP contribution >= 0.6 is 15.9 Å². The molecule has 2 nitrogen and oxygen atoms in total. The van der Waals surface area contributed by atoms with Crippen molar-refractivity contribution in [3.63, 3.8) is 0 Å². The van der Waals surface area contributed by atoms with Crippen molar-refractivity contribution in [2.24, 2.45) is 0 Å². The molecule has 0 aromatic heterocycles. The third-order valence-electron chi connectivity index (χ3n) is 0.328. The van der Waals surface area contributed by atoms with Crippen molar-refractivity contribution >= 4 is 21.9 Å². The van der Waals surface area contributed by atoms with Gasteiger partial charge >= 0.3 is 35.5 Å². The van der Waals surface area contributed by atoms with Gasteiger partial charge in [0.1, 0.15) is 0 Å². The minimum atomic E-state index is -0.260. The maximum Gasteiger partial charge on any atom is 1.00 e. The summed E-state index contributed by atoms with van der Waals surface area (Å²) in [5.41, 5.74) is 0. The predicted octanol–water partition coefficient (Wildman–Crippen LogP) is -1.59. The summed E-state index contributed by atoms with van der Waals surface area (Å²) in [7, 11) is 0. The predicted molar refractivity (Wildman–Crippen MR) is 31.3 cm³/mol. The molecule has 0 amide bonds. The van der Waals surface area contributed by atoms with Gasteiger partial charge in [-0.25, -0.2) is 0 Å². The van der Waals surface area contributed by atoms with Crippen molar-refractivity contribution in [1.82, 2.24) is 0 Å². The fraction of sp³-hybridized carbons (Fsp3) is 0.750. The summed E-state index contributed by atoms with van der Waals surface area (Å²) in [5.74, 6) is -0.260. The van der Waals surface area contributed by atoms with E-state index in [1.54, 1.807) is 6.92 Å². The van der Waals surface area contributed by atoms with Crippen molar-refractivity contribution in [1.29, 1.82) is 0 Å². The number of rotatable bonds is 1. The van der Waals surface area contributed by atoms with Gasteiger partial charge < -0.3 is 6.16 Å². The molecule has 0 aromatic carbocycles. The summed E-state index contributed by atoms with van der Waals surface area (Å²) in [4.78, 5) is 10.0. The summed E-state index contributed by atoms with van der Waals surface area (Å²) in [5, 5.41) is -0.162. The molecule has 0 heterocycles. The molecular weight excluding hydrogens is 183 g/mol. The Labute approximate surface area is 80.9 Å². The van der Waals surface area contributed by atoms with Gasteiger partial charge in [-0.3, -0.25) is 4.79 Å². The first kappa shape index (κ1) is 11.7. The molecule has 1 unspecified atom stereocenters. The Morgan fingerprint density at radius 2 is 2.25 bits per heavy atom. The first-order chi connectivity index (χ1) is 3.13. The van der Waals surface area contributed by atoms with E-state index >= 15 is 0 Å². The molecule has 44 valence electrons. The number of ether oxygens (including phenoxy) is 1. The second kappa shape index (κ2) is 6.08. The van der Waals surface area contributed by atoms with Gasteiger partial charge in [-0.15, -0.1) is 0 Å². The Morgan fingerprint density at radius 1 is 1.88 bits per heavy atom. The molecule has 0 bridgehead atoms. The third-order valence-corrected chi connectivity index (χ3v) is 0.515. The van der Waals surface area contributed by atoms with Crippen molar-refractivity contribution in [3.8, 4) is 0 Å². The monoisotopic (exact) mass is 190 g/mol. The average Bonchev–Trinajstić information content (AvgIpc) is 1.27. The van der Waals surface area contributed by atoms with Crippen LogP contribution in [0, 0.1) is 0 Å². The van der Waals surface area contributed by atoms with Gasteiger partial charge in [-0.05, 0) is 22.9 Å². The van der Waals surface area contributed by atoms with E-state index in [-0.39, 0.29) is 42.0 Å². The Balaban J connectivity index is -0.000000180. The maximum absolute atomic E-state index is 10.0. The van der Waals surface area contributed by atoms with Crippen LogP contribution in [0.5, 0.6) is 0 Å². The van der Waals surface area contributed by atoms with E-state index < -0.39 is 0 Å². The number of alkyl halides is 1. The van der Waals surface area contributed by atoms with Gasteiger partial charge in [0.25, 0.3) is 0 Å². The largest absolute Gasteiger partial charge is 1.00 e. The molecule has 0 radical (unpaired) electrons. The minimum absolute atomic E-state index is 0. The number of halogens is 1. The quantitative estimate of drug-likeness (QED) is 0.283. The zero-order valence-corrected chi connectivity index (χ0v) is 8.86. The van der Waals surface area contributed by atoms with Crippen LogP contribution < -0.4 is 29.6 Å². The van der Waals surface area contributed by atoms with Gasteiger partial charge in [-0.1, -0.05) is 0 Å². The van der Waals surface area contributed by atoms with E-state index in [4.69, 9.17) is 0 Å². The Morgan fingerprint density at radius 3 is 2.25 bits per heavy atom. The molecule has 0 aliphatic heterocycles. The first-order valence-corrected chi connectivity index (χ1v) is 2.86. The number of hydrogen-bond acceptors (Lipinski definition) is 2. The van der Waals surface area contributed by atoms with E-state index in [0.717, 1.165) is 0 Å². The number of esters is 1. The molecule has 0 spiro atoms. The molecule has 1 atom stereocenters. The van der Waals surface area contributed by atoms with Crippen LogP contribution in [-0.4, -0.2) is 11.0 Å². The fourth-order valence-electron chi connectivity index (χ4n) is 0.229. The van der Waals surface area contributed by atoms with Crippen LogP contribution in [0.15, 0.2) is 0 Å². The molecule has 0 rings (SSSR count). The Hall–Kier alpha value is 0.950. The smallest absolute Gasteiger partial charge is 1.00 e. The molecule has 0 saturated heterocycles. The van der Waals surface area contributed by atoms with Crippen molar-refractivity contribution in [3.05, 3.63) is 0 Å². The molecule has 0 aliphatic carbocycles. The van der Waals surface area contributed by atoms with E-state index in [1.165, 1.54) is 6.92 Å². The maximum atomic E-state index is 10.0. The van der Waals surface area contributed by atoms with Gasteiger partial charge in [0, 0.05) is 6.92 Å². The van der Waals surface area contributed by atoms with Crippen molar-refractivity contribution in [2.75, 3.05) is 0 Å². The molecule has 0 saturated carbocycles. The van der Waals surface area contributed by atoms with Crippen LogP contribution in [0.25, 0.3) is 0 Å². The molecule has 0 aliphatic rings. The molecule has 0 fully saturated rings. The third kappa shape index (κ3) is 10.0. The standard InChI is InChI=1S/C4H7BrO2.Na.H/c1-3(5)7-4(2)6;;/h3H,1-2H3;;/q;+1;-1. The fourth-order valence-corrected chi connectivity index (χ4v) is 0.492. The Kier molecular flexibility index (Phi) is 8.89. The summed E-state index contributed by atoms with van der Waals surface area (Å²) >= 11 is 3.03. The van der Waals surface area contributed by atoms with Crippen LogP contribution in [-0.2, 0) is 9.53 Å². The SMILES string of the molecule is CC(=O)OC(C)Br.[H-].[Na+]. The van der Waals surface area contributed by atoms with Crippen LogP contribution in [0.1, 0.15) is 15.3 Å². The molecule has 8 heavy (non-hydrogen) atoms. The van der Waals surface area contributed by atoms with E-state index in [1.807, 2.05) is 0 Å². The van der Waals surface area contributed by atoms with Gasteiger partial charge in [-0.2, -0.15) is 0 Å². The van der Waals surface area contributed by atoms with Crippen LogP contribution in [0.4, 0.5) is 0 Å². The minimum Gasteiger partial charge on any atom is -1.00 e. The first-order valence-electron chi connectivity index (χ1n) is 1.94. The van der Waals surface area contributed by atoms with Crippen LogP contribution in [0.3, 0.4) is 0 Å².